The molecule has 0 heterocycles. The molecule has 0 bridgehead atoms. The van der Waals surface area contributed by atoms with Crippen molar-refractivity contribution in [3.05, 3.63) is 0 Å². The van der Waals surface area contributed by atoms with Gasteiger partial charge in [0.2, 0.25) is 0 Å². The smallest absolute Gasteiger partial charge is 0.332 e. The lowest BCUT2D eigenvalue weighted by atomic mass is 10.0. The number of aliphatic carboxylic acids is 1. The van der Waals surface area contributed by atoms with Crippen molar-refractivity contribution in [2.24, 2.45) is 5.73 Å². The first-order chi connectivity index (χ1) is 8.18. The van der Waals surface area contributed by atoms with Gasteiger partial charge in [-0.1, -0.05) is 0 Å². The maximum absolute atomic E-state index is 10.0. The van der Waals surface area contributed by atoms with Crippen molar-refractivity contribution in [1.29, 1.82) is 0 Å². The summed E-state index contributed by atoms with van der Waals surface area (Å²) in [4.78, 5) is 19.5. The Morgan fingerprint density at radius 2 is 1.61 bits per heavy atom. The zero-order chi connectivity index (χ0) is 14.9. The highest BCUT2D eigenvalue weighted by molar-refractivity contribution is 5.71. The third kappa shape index (κ3) is 8.06. The van der Waals surface area contributed by atoms with E-state index in [-0.39, 0.29) is 6.29 Å². The Morgan fingerprint density at radius 3 is 1.83 bits per heavy atom. The first kappa shape index (κ1) is 19.2. The van der Waals surface area contributed by atoms with Crippen LogP contribution in [0.3, 0.4) is 0 Å². The monoisotopic (exact) mass is 269 g/mol. The van der Waals surface area contributed by atoms with Crippen molar-refractivity contribution in [3.63, 3.8) is 0 Å². The van der Waals surface area contributed by atoms with E-state index in [0.29, 0.717) is 0 Å². The second-order valence-corrected chi connectivity index (χ2v) is 3.46. The SMILES string of the molecule is CC(O)C(=O)O.N[C@@H](C=O)[C@@H](O)[C@H](O)[C@H](O)CO. The standard InChI is InChI=1S/C6H13NO5.C3H6O3/c7-3(1-8)5(11)6(12)4(10)2-9;1-2(4)3(5)6/h1,3-6,9-12H,2,7H2;2,4H,1H3,(H,5,6)/t3-,4+,5+,6+;/m0./s1. The molecule has 0 aromatic carbocycles. The van der Waals surface area contributed by atoms with Crippen LogP contribution in [0.2, 0.25) is 0 Å². The Bertz CT molecular complexity index is 247. The molecule has 0 saturated heterocycles. The maximum Gasteiger partial charge on any atom is 0.332 e. The highest BCUT2D eigenvalue weighted by atomic mass is 16.4. The minimum Gasteiger partial charge on any atom is -0.479 e. The van der Waals surface area contributed by atoms with Crippen LogP contribution < -0.4 is 5.73 Å². The van der Waals surface area contributed by atoms with Gasteiger partial charge in [-0.05, 0) is 6.92 Å². The van der Waals surface area contributed by atoms with E-state index in [1.54, 1.807) is 0 Å². The molecule has 0 aromatic heterocycles. The Labute approximate surface area is 103 Å². The van der Waals surface area contributed by atoms with Crippen LogP contribution in [0.15, 0.2) is 0 Å². The summed E-state index contributed by atoms with van der Waals surface area (Å²) in [6.45, 7) is 0.492. The number of carboxylic acids is 1. The second-order valence-electron chi connectivity index (χ2n) is 3.46. The summed E-state index contributed by atoms with van der Waals surface area (Å²) in [5.74, 6) is -1.19. The van der Waals surface area contributed by atoms with Crippen molar-refractivity contribution in [3.8, 4) is 0 Å². The van der Waals surface area contributed by atoms with Gasteiger partial charge in [0.25, 0.3) is 0 Å². The summed E-state index contributed by atoms with van der Waals surface area (Å²) < 4.78 is 0. The Morgan fingerprint density at radius 1 is 1.22 bits per heavy atom. The van der Waals surface area contributed by atoms with E-state index in [1.165, 1.54) is 6.92 Å². The van der Waals surface area contributed by atoms with Crippen molar-refractivity contribution >= 4 is 12.3 Å². The lowest BCUT2D eigenvalue weighted by Gasteiger charge is -2.23. The third-order valence-corrected chi connectivity index (χ3v) is 1.84. The normalized spacial score (nSPS) is 18.6. The van der Waals surface area contributed by atoms with Gasteiger partial charge in [0, 0.05) is 0 Å². The molecule has 1 unspecified atom stereocenters. The number of carbonyl (C=O) groups excluding carboxylic acids is 1. The predicted octanol–water partition coefficient (Wildman–Crippen LogP) is -3.96. The number of aliphatic hydroxyl groups excluding tert-OH is 5. The van der Waals surface area contributed by atoms with Gasteiger partial charge in [-0.2, -0.15) is 0 Å². The van der Waals surface area contributed by atoms with Gasteiger partial charge < -0.3 is 41.2 Å². The summed E-state index contributed by atoms with van der Waals surface area (Å²) >= 11 is 0. The Balaban J connectivity index is 0. The van der Waals surface area contributed by atoms with Gasteiger partial charge in [-0.15, -0.1) is 0 Å². The van der Waals surface area contributed by atoms with E-state index < -0.39 is 43.0 Å². The molecular weight excluding hydrogens is 250 g/mol. The Kier molecular flexibility index (Phi) is 10.6. The minimum absolute atomic E-state index is 0.248. The van der Waals surface area contributed by atoms with Crippen LogP contribution in [0.1, 0.15) is 6.92 Å². The van der Waals surface area contributed by atoms with Gasteiger partial charge in [-0.25, -0.2) is 4.79 Å². The van der Waals surface area contributed by atoms with Gasteiger partial charge in [-0.3, -0.25) is 0 Å². The van der Waals surface area contributed by atoms with Gasteiger partial charge >= 0.3 is 5.97 Å². The van der Waals surface area contributed by atoms with Crippen LogP contribution >= 0.6 is 0 Å². The molecule has 0 fully saturated rings. The number of hydrogen-bond acceptors (Lipinski definition) is 8. The van der Waals surface area contributed by atoms with Crippen LogP contribution in [0.4, 0.5) is 0 Å². The Hall–Kier alpha value is -1.10. The summed E-state index contributed by atoms with van der Waals surface area (Å²) in [7, 11) is 0. The average molecular weight is 269 g/mol. The molecule has 108 valence electrons. The van der Waals surface area contributed by atoms with Crippen molar-refractivity contribution in [1.82, 2.24) is 0 Å². The molecule has 0 spiro atoms. The maximum atomic E-state index is 10.0. The molecular formula is C9H19NO8. The minimum atomic E-state index is -1.62. The number of hydrogen-bond donors (Lipinski definition) is 7. The largest absolute Gasteiger partial charge is 0.479 e. The quantitative estimate of drug-likeness (QED) is 0.236. The van der Waals surface area contributed by atoms with Crippen LogP contribution in [0.25, 0.3) is 0 Å². The van der Waals surface area contributed by atoms with E-state index in [9.17, 15) is 9.59 Å². The van der Waals surface area contributed by atoms with Gasteiger partial charge in [0.05, 0.1) is 12.6 Å². The predicted molar refractivity (Wildman–Crippen MR) is 58.5 cm³/mol. The fourth-order valence-corrected chi connectivity index (χ4v) is 0.644. The lowest BCUT2D eigenvalue weighted by molar-refractivity contribution is -0.145. The molecule has 0 aliphatic carbocycles. The van der Waals surface area contributed by atoms with Crippen LogP contribution in [0, 0.1) is 0 Å². The molecule has 9 heteroatoms. The fraction of sp³-hybridized carbons (Fsp3) is 0.778. The summed E-state index contributed by atoms with van der Waals surface area (Å²) in [5.41, 5.74) is 5.04. The topological polar surface area (TPSA) is 182 Å². The van der Waals surface area contributed by atoms with Crippen molar-refractivity contribution in [2.45, 2.75) is 37.4 Å². The highest BCUT2D eigenvalue weighted by Gasteiger charge is 2.28. The van der Waals surface area contributed by atoms with Crippen molar-refractivity contribution < 1.29 is 40.2 Å². The van der Waals surface area contributed by atoms with Crippen LogP contribution in [-0.4, -0.2) is 80.0 Å². The van der Waals surface area contributed by atoms with Gasteiger partial charge in [0.15, 0.2) is 0 Å². The first-order valence-corrected chi connectivity index (χ1v) is 4.95. The number of nitrogens with two attached hydrogens (primary N) is 1. The number of aldehydes is 1. The van der Waals surface area contributed by atoms with E-state index in [4.69, 9.17) is 36.4 Å². The van der Waals surface area contributed by atoms with Crippen LogP contribution in [-0.2, 0) is 9.59 Å². The van der Waals surface area contributed by atoms with Crippen LogP contribution in [0.5, 0.6) is 0 Å². The first-order valence-electron chi connectivity index (χ1n) is 4.95. The molecule has 0 aromatic rings. The molecule has 5 atom stereocenters. The molecule has 0 amide bonds. The molecule has 0 radical (unpaired) electrons. The molecule has 0 saturated carbocycles. The molecule has 18 heavy (non-hydrogen) atoms. The summed E-state index contributed by atoms with van der Waals surface area (Å²) in [6, 6.07) is -1.26. The average Bonchev–Trinajstić information content (AvgIpc) is 2.35. The molecule has 0 aliphatic heterocycles. The van der Waals surface area contributed by atoms with E-state index in [0.717, 1.165) is 0 Å². The summed E-state index contributed by atoms with van der Waals surface area (Å²) in [5, 5.41) is 50.9. The van der Waals surface area contributed by atoms with E-state index in [2.05, 4.69) is 0 Å². The zero-order valence-corrected chi connectivity index (χ0v) is 9.75. The second kappa shape index (κ2) is 9.88. The highest BCUT2D eigenvalue weighted by Crippen LogP contribution is 2.01. The molecule has 9 nitrogen and oxygen atoms in total. The molecule has 0 aliphatic rings. The van der Waals surface area contributed by atoms with Gasteiger partial charge in [0.1, 0.15) is 30.7 Å². The number of aliphatic hydroxyl groups is 5. The number of carbonyl (C=O) groups is 2. The lowest BCUT2D eigenvalue weighted by Crippen LogP contribution is -2.49. The van der Waals surface area contributed by atoms with E-state index >= 15 is 0 Å². The van der Waals surface area contributed by atoms with Crippen molar-refractivity contribution in [2.75, 3.05) is 6.61 Å². The summed E-state index contributed by atoms with van der Waals surface area (Å²) in [6.07, 6.45) is -5.66. The molecule has 0 rings (SSSR count). The zero-order valence-electron chi connectivity index (χ0n) is 9.75. The third-order valence-electron chi connectivity index (χ3n) is 1.84. The number of carboxylic acid groups (broad SMARTS) is 1. The number of rotatable bonds is 6. The fourth-order valence-electron chi connectivity index (χ4n) is 0.644. The van der Waals surface area contributed by atoms with E-state index in [1.807, 2.05) is 0 Å². The molecule has 8 N–H and O–H groups in total.